The van der Waals surface area contributed by atoms with Gasteiger partial charge in [0.15, 0.2) is 0 Å². The fourth-order valence-electron chi connectivity index (χ4n) is 4.48. The van der Waals surface area contributed by atoms with Crippen molar-refractivity contribution in [2.24, 2.45) is 0 Å². The van der Waals surface area contributed by atoms with Gasteiger partial charge in [0, 0.05) is 30.1 Å². The van der Waals surface area contributed by atoms with E-state index in [9.17, 15) is 23.2 Å². The minimum absolute atomic E-state index is 0.110. The molecule has 0 radical (unpaired) electrons. The Bertz CT molecular complexity index is 1430. The zero-order valence-corrected chi connectivity index (χ0v) is 18.3. The van der Waals surface area contributed by atoms with Gasteiger partial charge >= 0.3 is 0 Å². The molecule has 0 bridgehead atoms. The van der Waals surface area contributed by atoms with E-state index in [1.54, 1.807) is 24.3 Å². The number of pyridine rings is 1. The molecular formula is C25H19F2N5O3. The van der Waals surface area contributed by atoms with E-state index in [-0.39, 0.29) is 11.5 Å². The summed E-state index contributed by atoms with van der Waals surface area (Å²) in [4.78, 5) is 42.3. The zero-order valence-electron chi connectivity index (χ0n) is 18.3. The molecule has 35 heavy (non-hydrogen) atoms. The summed E-state index contributed by atoms with van der Waals surface area (Å²) in [7, 11) is 0. The van der Waals surface area contributed by atoms with Crippen LogP contribution in [0.5, 0.6) is 0 Å². The topological polar surface area (TPSA) is 115 Å². The second kappa shape index (κ2) is 8.43. The van der Waals surface area contributed by atoms with Gasteiger partial charge in [-0.25, -0.2) is 8.78 Å². The van der Waals surface area contributed by atoms with Crippen LogP contribution in [0.1, 0.15) is 32.7 Å². The molecule has 2 aliphatic rings. The molecule has 10 heteroatoms. The monoisotopic (exact) mass is 475 g/mol. The van der Waals surface area contributed by atoms with E-state index in [4.69, 9.17) is 5.26 Å². The number of halogens is 2. The summed E-state index contributed by atoms with van der Waals surface area (Å²) < 4.78 is 27.3. The van der Waals surface area contributed by atoms with Gasteiger partial charge < -0.3 is 15.5 Å². The number of hydrogen-bond donors (Lipinski definition) is 2. The summed E-state index contributed by atoms with van der Waals surface area (Å²) in [5.74, 6) is -4.55. The van der Waals surface area contributed by atoms with Crippen molar-refractivity contribution >= 4 is 28.6 Å². The summed E-state index contributed by atoms with van der Waals surface area (Å²) >= 11 is 0. The lowest BCUT2D eigenvalue weighted by Gasteiger charge is -2.19. The number of hydrogen-bond acceptors (Lipinski definition) is 5. The number of aromatic nitrogens is 1. The van der Waals surface area contributed by atoms with Crippen LogP contribution in [0.25, 0.3) is 22.0 Å². The molecule has 0 aliphatic carbocycles. The molecule has 2 N–H and O–H groups in total. The number of fused-ring (bicyclic) bond motifs is 2. The number of amides is 3. The van der Waals surface area contributed by atoms with Gasteiger partial charge in [0.25, 0.3) is 17.7 Å². The minimum atomic E-state index is -3.13. The molecule has 1 fully saturated rings. The van der Waals surface area contributed by atoms with Crippen LogP contribution in [0.2, 0.25) is 0 Å². The summed E-state index contributed by atoms with van der Waals surface area (Å²) in [6.07, 6.45) is 0.756. The van der Waals surface area contributed by atoms with Gasteiger partial charge in [0.2, 0.25) is 5.91 Å². The second-order valence-electron chi connectivity index (χ2n) is 8.55. The van der Waals surface area contributed by atoms with Crippen LogP contribution in [-0.4, -0.2) is 52.7 Å². The van der Waals surface area contributed by atoms with Gasteiger partial charge in [0.1, 0.15) is 6.04 Å². The first-order valence-corrected chi connectivity index (χ1v) is 10.9. The van der Waals surface area contributed by atoms with Gasteiger partial charge in [-0.1, -0.05) is 12.1 Å². The van der Waals surface area contributed by atoms with Crippen molar-refractivity contribution in [3.63, 3.8) is 0 Å². The number of nitriles is 1. The molecule has 0 saturated carbocycles. The van der Waals surface area contributed by atoms with Crippen molar-refractivity contribution in [1.82, 2.24) is 20.5 Å². The molecule has 2 aromatic carbocycles. The smallest absolute Gasteiger partial charge is 0.268 e. The SMILES string of the molecule is N#CC1CC(F)(F)CN1C(=O)CNC(=O)c1ccnc2ccc(-c3ccc4c(c3)CNC4=O)cc12. The molecule has 3 amide bonds. The summed E-state index contributed by atoms with van der Waals surface area (Å²) in [5.41, 5.74) is 4.04. The third-order valence-corrected chi connectivity index (χ3v) is 6.25. The highest BCUT2D eigenvalue weighted by atomic mass is 19.3. The molecule has 176 valence electrons. The number of carbonyl (C=O) groups is 3. The summed E-state index contributed by atoms with van der Waals surface area (Å²) in [6, 6.07) is 12.9. The standard InChI is InChI=1S/C25H19F2N5O3/c26-25(27)9-17(10-28)32(13-25)22(33)12-31-24(35)19-5-6-29-21-4-2-15(8-20(19)21)14-1-3-18-16(7-14)11-30-23(18)34/h1-8,17H,9,11-13H2,(H,30,34)(H,31,35). The highest BCUT2D eigenvalue weighted by molar-refractivity contribution is 6.08. The van der Waals surface area contributed by atoms with Gasteiger partial charge in [0.05, 0.1) is 30.2 Å². The Morgan fingerprint density at radius 1 is 1.20 bits per heavy atom. The Kier molecular flexibility index (Phi) is 5.40. The van der Waals surface area contributed by atoms with Gasteiger partial charge in [-0.2, -0.15) is 5.26 Å². The molecule has 5 rings (SSSR count). The average molecular weight is 475 g/mol. The van der Waals surface area contributed by atoms with Crippen LogP contribution in [0.3, 0.4) is 0 Å². The number of benzene rings is 2. The van der Waals surface area contributed by atoms with Crippen molar-refractivity contribution in [3.8, 4) is 17.2 Å². The van der Waals surface area contributed by atoms with Gasteiger partial charge in [-0.3, -0.25) is 19.4 Å². The van der Waals surface area contributed by atoms with Crippen LogP contribution in [0.4, 0.5) is 8.78 Å². The Labute approximate surface area is 198 Å². The van der Waals surface area contributed by atoms with Crippen molar-refractivity contribution < 1.29 is 23.2 Å². The molecule has 2 aliphatic heterocycles. The summed E-state index contributed by atoms with van der Waals surface area (Å²) in [6.45, 7) is -0.903. The quantitative estimate of drug-likeness (QED) is 0.602. The first-order valence-electron chi connectivity index (χ1n) is 10.9. The molecule has 1 saturated heterocycles. The number of likely N-dealkylation sites (tertiary alicyclic amines) is 1. The molecule has 1 aromatic heterocycles. The van der Waals surface area contributed by atoms with Crippen molar-refractivity contribution in [1.29, 1.82) is 5.26 Å². The first-order chi connectivity index (χ1) is 16.8. The Morgan fingerprint density at radius 3 is 2.77 bits per heavy atom. The minimum Gasteiger partial charge on any atom is -0.348 e. The third-order valence-electron chi connectivity index (χ3n) is 6.25. The second-order valence-corrected chi connectivity index (χ2v) is 8.55. The molecule has 0 spiro atoms. The number of carbonyl (C=O) groups excluding carboxylic acids is 3. The molecule has 1 atom stereocenters. The molecule has 1 unspecified atom stereocenters. The van der Waals surface area contributed by atoms with Crippen LogP contribution >= 0.6 is 0 Å². The zero-order chi connectivity index (χ0) is 24.7. The number of nitrogens with one attached hydrogen (secondary N) is 2. The Morgan fingerprint density at radius 2 is 1.97 bits per heavy atom. The molecule has 8 nitrogen and oxygen atoms in total. The van der Waals surface area contributed by atoms with E-state index in [0.717, 1.165) is 21.6 Å². The predicted molar refractivity (Wildman–Crippen MR) is 121 cm³/mol. The van der Waals surface area contributed by atoms with Gasteiger partial charge in [-0.15, -0.1) is 0 Å². The fraction of sp³-hybridized carbons (Fsp3) is 0.240. The highest BCUT2D eigenvalue weighted by Gasteiger charge is 2.47. The van der Waals surface area contributed by atoms with Crippen molar-refractivity contribution in [2.75, 3.05) is 13.1 Å². The summed E-state index contributed by atoms with van der Waals surface area (Å²) in [5, 5.41) is 14.9. The maximum atomic E-state index is 13.6. The number of alkyl halides is 2. The number of nitrogens with zero attached hydrogens (tertiary/aromatic N) is 3. The molecule has 3 heterocycles. The highest BCUT2D eigenvalue weighted by Crippen LogP contribution is 2.32. The lowest BCUT2D eigenvalue weighted by atomic mass is 9.97. The first kappa shape index (κ1) is 22.4. The maximum Gasteiger partial charge on any atom is 0.268 e. The normalized spacial score (nSPS) is 18.1. The van der Waals surface area contributed by atoms with Crippen molar-refractivity contribution in [2.45, 2.75) is 24.9 Å². The van der Waals surface area contributed by atoms with E-state index >= 15 is 0 Å². The Balaban J connectivity index is 1.38. The van der Waals surface area contributed by atoms with Crippen molar-refractivity contribution in [3.05, 3.63) is 65.4 Å². The third kappa shape index (κ3) is 4.17. The largest absolute Gasteiger partial charge is 0.348 e. The van der Waals surface area contributed by atoms with E-state index in [1.807, 2.05) is 18.2 Å². The van der Waals surface area contributed by atoms with E-state index in [1.165, 1.54) is 12.3 Å². The lowest BCUT2D eigenvalue weighted by molar-refractivity contribution is -0.131. The van der Waals surface area contributed by atoms with E-state index < -0.39 is 43.3 Å². The average Bonchev–Trinajstić information content (AvgIpc) is 3.39. The maximum absolute atomic E-state index is 13.6. The Hall–Kier alpha value is -4.39. The molecule has 3 aromatic rings. The van der Waals surface area contributed by atoms with Crippen LogP contribution < -0.4 is 10.6 Å². The van der Waals surface area contributed by atoms with E-state index in [0.29, 0.717) is 23.0 Å². The molecular weight excluding hydrogens is 456 g/mol. The number of rotatable bonds is 4. The van der Waals surface area contributed by atoms with Gasteiger partial charge in [-0.05, 0) is 47.0 Å². The van der Waals surface area contributed by atoms with E-state index in [2.05, 4.69) is 15.6 Å². The fourth-order valence-corrected chi connectivity index (χ4v) is 4.48. The lowest BCUT2D eigenvalue weighted by Crippen LogP contribution is -2.43. The predicted octanol–water partition coefficient (Wildman–Crippen LogP) is 2.63. The van der Waals surface area contributed by atoms with Crippen LogP contribution in [0.15, 0.2) is 48.7 Å². The van der Waals surface area contributed by atoms with Crippen LogP contribution in [0, 0.1) is 11.3 Å². The van der Waals surface area contributed by atoms with Crippen LogP contribution in [-0.2, 0) is 11.3 Å².